The molecule has 0 amide bonds. The van der Waals surface area contributed by atoms with E-state index >= 15 is 0 Å². The van der Waals surface area contributed by atoms with Crippen LogP contribution in [0, 0.1) is 6.92 Å². The van der Waals surface area contributed by atoms with Crippen molar-refractivity contribution in [2.45, 2.75) is 20.4 Å². The van der Waals surface area contributed by atoms with Crippen molar-refractivity contribution in [1.82, 2.24) is 15.0 Å². The predicted molar refractivity (Wildman–Crippen MR) is 82.1 cm³/mol. The van der Waals surface area contributed by atoms with Gasteiger partial charge in [-0.25, -0.2) is 9.97 Å². The zero-order chi connectivity index (χ0) is 14.5. The van der Waals surface area contributed by atoms with Crippen LogP contribution < -0.4 is 9.80 Å². The minimum atomic E-state index is 0.735. The highest BCUT2D eigenvalue weighted by atomic mass is 15.2. The number of hydrogen-bond acceptors (Lipinski definition) is 5. The zero-order valence-electron chi connectivity index (χ0n) is 12.5. The van der Waals surface area contributed by atoms with Crippen LogP contribution in [0.3, 0.4) is 0 Å². The van der Waals surface area contributed by atoms with Crippen LogP contribution in [-0.4, -0.2) is 35.6 Å². The van der Waals surface area contributed by atoms with E-state index in [4.69, 9.17) is 0 Å². The summed E-state index contributed by atoms with van der Waals surface area (Å²) in [6.07, 6.45) is 3.44. The maximum atomic E-state index is 4.42. The zero-order valence-corrected chi connectivity index (χ0v) is 12.5. The lowest BCUT2D eigenvalue weighted by Crippen LogP contribution is -2.21. The highest BCUT2D eigenvalue weighted by Crippen LogP contribution is 2.17. The molecule has 0 atom stereocenters. The summed E-state index contributed by atoms with van der Waals surface area (Å²) in [6.45, 7) is 5.83. The number of hydrogen-bond donors (Lipinski definition) is 0. The molecule has 0 aliphatic rings. The third kappa shape index (κ3) is 3.23. The molecule has 0 aliphatic heterocycles. The van der Waals surface area contributed by atoms with E-state index in [1.165, 1.54) is 5.56 Å². The summed E-state index contributed by atoms with van der Waals surface area (Å²) >= 11 is 0. The first kappa shape index (κ1) is 14.2. The van der Waals surface area contributed by atoms with Gasteiger partial charge in [-0.05, 0) is 25.5 Å². The normalized spacial score (nSPS) is 10.4. The second-order valence-corrected chi connectivity index (χ2v) is 4.87. The molecular weight excluding hydrogens is 250 g/mol. The molecule has 0 bridgehead atoms. The molecular formula is C15H21N5. The largest absolute Gasteiger partial charge is 0.360 e. The minimum absolute atomic E-state index is 0.735. The fourth-order valence-electron chi connectivity index (χ4n) is 1.91. The van der Waals surface area contributed by atoms with E-state index in [-0.39, 0.29) is 0 Å². The Balaban J connectivity index is 2.17. The van der Waals surface area contributed by atoms with Crippen molar-refractivity contribution in [2.75, 3.05) is 30.4 Å². The molecule has 5 nitrogen and oxygen atoms in total. The molecule has 0 saturated carbocycles. The maximum absolute atomic E-state index is 4.42. The number of rotatable bonds is 5. The number of anilines is 2. The lowest BCUT2D eigenvalue weighted by Gasteiger charge is -2.21. The van der Waals surface area contributed by atoms with Gasteiger partial charge in [0.15, 0.2) is 0 Å². The first-order valence-electron chi connectivity index (χ1n) is 6.76. The molecule has 2 rings (SSSR count). The molecule has 5 heteroatoms. The van der Waals surface area contributed by atoms with Gasteiger partial charge in [0, 0.05) is 32.9 Å². The molecule has 106 valence electrons. The van der Waals surface area contributed by atoms with Crippen LogP contribution in [0.4, 0.5) is 11.6 Å². The topological polar surface area (TPSA) is 45.2 Å². The Morgan fingerprint density at radius 2 is 1.75 bits per heavy atom. The minimum Gasteiger partial charge on any atom is -0.360 e. The van der Waals surface area contributed by atoms with Crippen LogP contribution in [0.15, 0.2) is 30.7 Å². The summed E-state index contributed by atoms with van der Waals surface area (Å²) in [5, 5.41) is 0. The van der Waals surface area contributed by atoms with E-state index in [0.29, 0.717) is 0 Å². The molecule has 0 aliphatic carbocycles. The fourth-order valence-corrected chi connectivity index (χ4v) is 1.91. The summed E-state index contributed by atoms with van der Waals surface area (Å²) < 4.78 is 0. The quantitative estimate of drug-likeness (QED) is 0.834. The van der Waals surface area contributed by atoms with Crippen molar-refractivity contribution in [3.05, 3.63) is 42.0 Å². The van der Waals surface area contributed by atoms with Crippen LogP contribution >= 0.6 is 0 Å². The van der Waals surface area contributed by atoms with Gasteiger partial charge in [-0.15, -0.1) is 0 Å². The number of aromatic nitrogens is 3. The predicted octanol–water partition coefficient (Wildman–Crippen LogP) is 2.27. The third-order valence-corrected chi connectivity index (χ3v) is 3.40. The molecule has 0 spiro atoms. The summed E-state index contributed by atoms with van der Waals surface area (Å²) in [7, 11) is 4.04. The molecule has 0 fully saturated rings. The molecule has 0 aromatic carbocycles. The van der Waals surface area contributed by atoms with Crippen LogP contribution in [-0.2, 0) is 6.54 Å². The van der Waals surface area contributed by atoms with Gasteiger partial charge in [-0.1, -0.05) is 6.07 Å². The van der Waals surface area contributed by atoms with Crippen molar-refractivity contribution < 1.29 is 0 Å². The highest BCUT2D eigenvalue weighted by molar-refractivity contribution is 5.49. The molecule has 0 N–H and O–H groups in total. The Bertz CT molecular complexity index is 570. The summed E-state index contributed by atoms with van der Waals surface area (Å²) in [6, 6.07) is 6.03. The Labute approximate surface area is 120 Å². The standard InChI is InChI=1S/C15H21N5/c1-5-19(3)14-9-15(18-11-17-14)20(4)10-13-12(2)7-6-8-16-13/h6-9,11H,5,10H2,1-4H3. The summed E-state index contributed by atoms with van der Waals surface area (Å²) in [5.74, 6) is 1.84. The van der Waals surface area contributed by atoms with Crippen LogP contribution in [0.25, 0.3) is 0 Å². The molecule has 0 radical (unpaired) electrons. The van der Waals surface area contributed by atoms with E-state index in [2.05, 4.69) is 44.7 Å². The first-order valence-corrected chi connectivity index (χ1v) is 6.76. The van der Waals surface area contributed by atoms with Gasteiger partial charge in [0.25, 0.3) is 0 Å². The molecule has 2 heterocycles. The molecule has 0 unspecified atom stereocenters. The second kappa shape index (κ2) is 6.32. The second-order valence-electron chi connectivity index (χ2n) is 4.87. The maximum Gasteiger partial charge on any atom is 0.134 e. The summed E-state index contributed by atoms with van der Waals surface area (Å²) in [5.41, 5.74) is 2.26. The van der Waals surface area contributed by atoms with E-state index in [1.54, 1.807) is 6.33 Å². The Hall–Kier alpha value is -2.17. The van der Waals surface area contributed by atoms with Gasteiger partial charge in [0.05, 0.1) is 12.2 Å². The van der Waals surface area contributed by atoms with Crippen molar-refractivity contribution in [1.29, 1.82) is 0 Å². The SMILES string of the molecule is CCN(C)c1cc(N(C)Cc2ncccc2C)ncn1. The van der Waals surface area contributed by atoms with Crippen molar-refractivity contribution in [3.8, 4) is 0 Å². The van der Waals surface area contributed by atoms with Gasteiger partial charge < -0.3 is 9.80 Å². The fraction of sp³-hybridized carbons (Fsp3) is 0.400. The highest BCUT2D eigenvalue weighted by Gasteiger charge is 2.09. The number of aryl methyl sites for hydroxylation is 1. The monoisotopic (exact) mass is 271 g/mol. The molecule has 2 aromatic rings. The molecule has 0 saturated heterocycles. The van der Waals surface area contributed by atoms with Crippen molar-refractivity contribution in [3.63, 3.8) is 0 Å². The Morgan fingerprint density at radius 3 is 2.40 bits per heavy atom. The van der Waals surface area contributed by atoms with Crippen LogP contribution in [0.1, 0.15) is 18.2 Å². The van der Waals surface area contributed by atoms with Gasteiger partial charge in [0.1, 0.15) is 18.0 Å². The Kier molecular flexibility index (Phi) is 4.50. The number of pyridine rings is 1. The van der Waals surface area contributed by atoms with Gasteiger partial charge >= 0.3 is 0 Å². The molecule has 20 heavy (non-hydrogen) atoms. The Morgan fingerprint density at radius 1 is 1.05 bits per heavy atom. The van der Waals surface area contributed by atoms with E-state index in [0.717, 1.165) is 30.4 Å². The third-order valence-electron chi connectivity index (χ3n) is 3.40. The first-order chi connectivity index (χ1) is 9.61. The van der Waals surface area contributed by atoms with Crippen molar-refractivity contribution in [2.24, 2.45) is 0 Å². The van der Waals surface area contributed by atoms with Gasteiger partial charge in [-0.3, -0.25) is 4.98 Å². The summed E-state index contributed by atoms with van der Waals surface area (Å²) in [4.78, 5) is 17.2. The van der Waals surface area contributed by atoms with Crippen LogP contribution in [0.5, 0.6) is 0 Å². The lowest BCUT2D eigenvalue weighted by molar-refractivity contribution is 0.846. The average molecular weight is 271 g/mol. The van der Waals surface area contributed by atoms with Crippen molar-refractivity contribution >= 4 is 11.6 Å². The van der Waals surface area contributed by atoms with Crippen LogP contribution in [0.2, 0.25) is 0 Å². The van der Waals surface area contributed by atoms with Gasteiger partial charge in [0.2, 0.25) is 0 Å². The smallest absolute Gasteiger partial charge is 0.134 e. The van der Waals surface area contributed by atoms with Gasteiger partial charge in [-0.2, -0.15) is 0 Å². The van der Waals surface area contributed by atoms with E-state index in [9.17, 15) is 0 Å². The lowest BCUT2D eigenvalue weighted by atomic mass is 10.2. The van der Waals surface area contributed by atoms with E-state index < -0.39 is 0 Å². The number of nitrogens with zero attached hydrogens (tertiary/aromatic N) is 5. The molecule has 2 aromatic heterocycles. The van der Waals surface area contributed by atoms with E-state index in [1.807, 2.05) is 32.4 Å². The average Bonchev–Trinajstić information content (AvgIpc) is 2.49.